The summed E-state index contributed by atoms with van der Waals surface area (Å²) < 4.78 is 19.1. The van der Waals surface area contributed by atoms with E-state index in [9.17, 15) is 4.39 Å². The Labute approximate surface area is 137 Å². The van der Waals surface area contributed by atoms with Crippen molar-refractivity contribution in [3.63, 3.8) is 0 Å². The van der Waals surface area contributed by atoms with E-state index in [-0.39, 0.29) is 5.82 Å². The van der Waals surface area contributed by atoms with Gasteiger partial charge in [-0.15, -0.1) is 0 Å². The van der Waals surface area contributed by atoms with Crippen molar-refractivity contribution in [2.24, 2.45) is 0 Å². The van der Waals surface area contributed by atoms with Gasteiger partial charge < -0.3 is 4.74 Å². The summed E-state index contributed by atoms with van der Waals surface area (Å²) in [7, 11) is 0. The maximum absolute atomic E-state index is 13.5. The summed E-state index contributed by atoms with van der Waals surface area (Å²) in [6.07, 6.45) is 3.28. The maximum Gasteiger partial charge on any atom is 0.123 e. The van der Waals surface area contributed by atoms with E-state index in [1.54, 1.807) is 12.1 Å². The molecule has 2 aromatic carbocycles. The minimum atomic E-state index is -0.147. The Morgan fingerprint density at radius 2 is 2.00 bits per heavy atom. The first-order chi connectivity index (χ1) is 11.3. The van der Waals surface area contributed by atoms with Crippen molar-refractivity contribution in [2.45, 2.75) is 38.8 Å². The molecule has 0 bridgehead atoms. The third-order valence-electron chi connectivity index (χ3n) is 4.38. The Morgan fingerprint density at radius 3 is 2.74 bits per heavy atom. The smallest absolute Gasteiger partial charge is 0.123 e. The lowest BCUT2D eigenvalue weighted by molar-refractivity contribution is 0.248. The first-order valence-corrected chi connectivity index (χ1v) is 8.47. The summed E-state index contributed by atoms with van der Waals surface area (Å²) in [5.41, 5.74) is 2.36. The van der Waals surface area contributed by atoms with Gasteiger partial charge in [0.2, 0.25) is 0 Å². The Hall–Kier alpha value is -1.87. The zero-order chi connectivity index (χ0) is 16.1. The van der Waals surface area contributed by atoms with E-state index in [4.69, 9.17) is 4.74 Å². The van der Waals surface area contributed by atoms with E-state index in [2.05, 4.69) is 24.0 Å². The molecule has 1 aliphatic rings. The fourth-order valence-corrected chi connectivity index (χ4v) is 3.25. The van der Waals surface area contributed by atoms with E-state index in [1.165, 1.54) is 18.1 Å². The molecule has 0 unspecified atom stereocenters. The molecule has 0 amide bonds. The molecule has 1 fully saturated rings. The normalized spacial score (nSPS) is 18.3. The van der Waals surface area contributed by atoms with Crippen LogP contribution in [0.2, 0.25) is 0 Å². The molecule has 0 spiro atoms. The number of hydrogen-bond donors (Lipinski definition) is 0. The summed E-state index contributed by atoms with van der Waals surface area (Å²) in [6.45, 7) is 4.83. The molecule has 3 heteroatoms. The van der Waals surface area contributed by atoms with Gasteiger partial charge in [0.05, 0.1) is 6.61 Å². The van der Waals surface area contributed by atoms with Gasteiger partial charge in [-0.25, -0.2) is 4.39 Å². The van der Waals surface area contributed by atoms with Crippen molar-refractivity contribution < 1.29 is 9.13 Å². The topological polar surface area (TPSA) is 12.5 Å². The molecule has 2 nitrogen and oxygen atoms in total. The van der Waals surface area contributed by atoms with Crippen LogP contribution in [-0.2, 0) is 6.54 Å². The second-order valence-corrected chi connectivity index (χ2v) is 6.18. The molecular weight excluding hydrogens is 289 g/mol. The Morgan fingerprint density at radius 1 is 1.17 bits per heavy atom. The van der Waals surface area contributed by atoms with Crippen molar-refractivity contribution in [3.05, 3.63) is 65.5 Å². The first-order valence-electron chi connectivity index (χ1n) is 8.47. The van der Waals surface area contributed by atoms with Crippen LogP contribution in [-0.4, -0.2) is 18.1 Å². The van der Waals surface area contributed by atoms with E-state index in [1.807, 2.05) is 18.2 Å². The zero-order valence-electron chi connectivity index (χ0n) is 13.7. The van der Waals surface area contributed by atoms with Gasteiger partial charge in [0, 0.05) is 12.6 Å². The average molecular weight is 313 g/mol. The number of ether oxygens (including phenoxy) is 1. The summed E-state index contributed by atoms with van der Waals surface area (Å²) in [6, 6.07) is 15.7. The summed E-state index contributed by atoms with van der Waals surface area (Å²) >= 11 is 0. The molecule has 3 rings (SSSR count). The minimum Gasteiger partial charge on any atom is -0.494 e. The van der Waals surface area contributed by atoms with Crippen LogP contribution < -0.4 is 4.74 Å². The molecule has 1 atom stereocenters. The molecule has 1 heterocycles. The molecule has 0 N–H and O–H groups in total. The highest BCUT2D eigenvalue weighted by atomic mass is 19.1. The van der Waals surface area contributed by atoms with Gasteiger partial charge in [0.1, 0.15) is 11.6 Å². The van der Waals surface area contributed by atoms with Gasteiger partial charge in [-0.1, -0.05) is 31.2 Å². The number of hydrogen-bond acceptors (Lipinski definition) is 2. The highest BCUT2D eigenvalue weighted by molar-refractivity contribution is 5.28. The number of benzene rings is 2. The fourth-order valence-electron chi connectivity index (χ4n) is 3.25. The highest BCUT2D eigenvalue weighted by Gasteiger charge is 2.26. The first kappa shape index (κ1) is 16.0. The second-order valence-electron chi connectivity index (χ2n) is 6.18. The number of halogens is 1. The van der Waals surface area contributed by atoms with Gasteiger partial charge in [-0.3, -0.25) is 4.90 Å². The van der Waals surface area contributed by atoms with Gasteiger partial charge in [0.25, 0.3) is 0 Å². The quantitative estimate of drug-likeness (QED) is 0.748. The van der Waals surface area contributed by atoms with Gasteiger partial charge in [0.15, 0.2) is 0 Å². The summed E-state index contributed by atoms with van der Waals surface area (Å²) in [5.74, 6) is 0.783. The van der Waals surface area contributed by atoms with Crippen molar-refractivity contribution in [1.29, 1.82) is 0 Å². The van der Waals surface area contributed by atoms with Crippen LogP contribution >= 0.6 is 0 Å². The van der Waals surface area contributed by atoms with Crippen LogP contribution in [0, 0.1) is 5.82 Å². The lowest BCUT2D eigenvalue weighted by Crippen LogP contribution is -2.22. The lowest BCUT2D eigenvalue weighted by atomic mass is 10.0. The minimum absolute atomic E-state index is 0.147. The number of nitrogens with zero attached hydrogens (tertiary/aromatic N) is 1. The molecule has 0 radical (unpaired) electrons. The number of likely N-dealkylation sites (tertiary alicyclic amines) is 1. The predicted octanol–water partition coefficient (Wildman–Crippen LogP) is 4.95. The molecule has 2 aromatic rings. The third-order valence-corrected chi connectivity index (χ3v) is 4.38. The predicted molar refractivity (Wildman–Crippen MR) is 91.0 cm³/mol. The van der Waals surface area contributed by atoms with Crippen molar-refractivity contribution in [1.82, 2.24) is 4.90 Å². The highest BCUT2D eigenvalue weighted by Crippen LogP contribution is 2.33. The van der Waals surface area contributed by atoms with Crippen LogP contribution in [0.5, 0.6) is 5.75 Å². The van der Waals surface area contributed by atoms with Gasteiger partial charge >= 0.3 is 0 Å². The zero-order valence-corrected chi connectivity index (χ0v) is 13.7. The SMILES string of the molecule is CCCOc1ccc(CN2CCC[C@H]2c2cccc(F)c2)cc1. The van der Waals surface area contributed by atoms with E-state index >= 15 is 0 Å². The lowest BCUT2D eigenvalue weighted by Gasteiger charge is -2.25. The Kier molecular flexibility index (Phi) is 5.29. The number of rotatable bonds is 6. The largest absolute Gasteiger partial charge is 0.494 e. The van der Waals surface area contributed by atoms with Crippen molar-refractivity contribution >= 4 is 0 Å². The Bertz CT molecular complexity index is 626. The van der Waals surface area contributed by atoms with Gasteiger partial charge in [-0.05, 0) is 61.2 Å². The van der Waals surface area contributed by atoms with E-state index in [0.717, 1.165) is 43.9 Å². The third kappa shape index (κ3) is 4.11. The maximum atomic E-state index is 13.5. The standard InChI is InChI=1S/C20H24FNO/c1-2-13-23-19-10-8-16(9-11-19)15-22-12-4-7-20(22)17-5-3-6-18(21)14-17/h3,5-6,8-11,14,20H,2,4,7,12-13,15H2,1H3/t20-/m0/s1. The van der Waals surface area contributed by atoms with Crippen LogP contribution in [0.25, 0.3) is 0 Å². The van der Waals surface area contributed by atoms with E-state index in [0.29, 0.717) is 6.04 Å². The average Bonchev–Trinajstić information content (AvgIpc) is 3.02. The van der Waals surface area contributed by atoms with Crippen molar-refractivity contribution in [3.8, 4) is 5.75 Å². The van der Waals surface area contributed by atoms with E-state index < -0.39 is 0 Å². The molecule has 122 valence electrons. The van der Waals surface area contributed by atoms with Crippen LogP contribution in [0.4, 0.5) is 4.39 Å². The Balaban J connectivity index is 1.66. The summed E-state index contributed by atoms with van der Waals surface area (Å²) in [4.78, 5) is 2.44. The second kappa shape index (κ2) is 7.60. The molecule has 0 aromatic heterocycles. The molecular formula is C20H24FNO. The van der Waals surface area contributed by atoms with Crippen LogP contribution in [0.15, 0.2) is 48.5 Å². The molecule has 23 heavy (non-hydrogen) atoms. The van der Waals surface area contributed by atoms with Crippen LogP contribution in [0.1, 0.15) is 43.4 Å². The molecule has 1 saturated heterocycles. The van der Waals surface area contributed by atoms with Crippen LogP contribution in [0.3, 0.4) is 0 Å². The monoisotopic (exact) mass is 313 g/mol. The molecule has 0 aliphatic carbocycles. The fraction of sp³-hybridized carbons (Fsp3) is 0.400. The van der Waals surface area contributed by atoms with Crippen molar-refractivity contribution in [2.75, 3.05) is 13.2 Å². The molecule has 1 aliphatic heterocycles. The summed E-state index contributed by atoms with van der Waals surface area (Å²) in [5, 5.41) is 0. The molecule has 0 saturated carbocycles. The van der Waals surface area contributed by atoms with Gasteiger partial charge in [-0.2, -0.15) is 0 Å².